The second-order valence-corrected chi connectivity index (χ2v) is 8.51. The standard InChI is InChI=1S/C17H20FNO6S/c1-25-17(22)12-7-6-11(9-13(12)18)26(23,24)19-14-5-3-2-4-10(14)8-15(19)16(20)21/h6-7,9-10,14-15H,2-5,8H2,1H3,(H,20,21). The van der Waals surface area contributed by atoms with E-state index in [1.165, 1.54) is 0 Å². The Bertz CT molecular complexity index is 840. The molecule has 0 bridgehead atoms. The van der Waals surface area contributed by atoms with Crippen LogP contribution in [0, 0.1) is 11.7 Å². The largest absolute Gasteiger partial charge is 0.480 e. The molecule has 3 unspecified atom stereocenters. The van der Waals surface area contributed by atoms with Gasteiger partial charge in [0, 0.05) is 6.04 Å². The Labute approximate surface area is 150 Å². The number of fused-ring (bicyclic) bond motifs is 1. The summed E-state index contributed by atoms with van der Waals surface area (Å²) in [5.41, 5.74) is -0.377. The number of carboxylic acid groups (broad SMARTS) is 1. The predicted molar refractivity (Wildman–Crippen MR) is 88.6 cm³/mol. The second-order valence-electron chi connectivity index (χ2n) is 6.67. The van der Waals surface area contributed by atoms with Gasteiger partial charge in [0.2, 0.25) is 10.0 Å². The number of carbonyl (C=O) groups is 2. The predicted octanol–water partition coefficient (Wildman–Crippen LogP) is 2.02. The van der Waals surface area contributed by atoms with Gasteiger partial charge in [-0.05, 0) is 43.4 Å². The molecule has 1 saturated carbocycles. The number of hydrogen-bond acceptors (Lipinski definition) is 5. The molecule has 0 radical (unpaired) electrons. The molecule has 1 aliphatic heterocycles. The lowest BCUT2D eigenvalue weighted by Crippen LogP contribution is -2.46. The lowest BCUT2D eigenvalue weighted by Gasteiger charge is -2.32. The molecule has 7 nitrogen and oxygen atoms in total. The van der Waals surface area contributed by atoms with Crippen molar-refractivity contribution < 1.29 is 32.2 Å². The van der Waals surface area contributed by atoms with E-state index >= 15 is 0 Å². The van der Waals surface area contributed by atoms with Gasteiger partial charge in [0.25, 0.3) is 0 Å². The normalized spacial score (nSPS) is 26.3. The fourth-order valence-corrected chi connectivity index (χ4v) is 5.91. The van der Waals surface area contributed by atoms with E-state index in [9.17, 15) is 27.5 Å². The molecule has 1 saturated heterocycles. The van der Waals surface area contributed by atoms with Crippen LogP contribution in [0.2, 0.25) is 0 Å². The molecule has 0 spiro atoms. The van der Waals surface area contributed by atoms with Crippen LogP contribution in [-0.4, -0.2) is 49.0 Å². The number of esters is 1. The van der Waals surface area contributed by atoms with Crippen LogP contribution in [0.5, 0.6) is 0 Å². The first-order valence-electron chi connectivity index (χ1n) is 8.41. The van der Waals surface area contributed by atoms with Crippen LogP contribution in [0.3, 0.4) is 0 Å². The Morgan fingerprint density at radius 3 is 2.58 bits per heavy atom. The van der Waals surface area contributed by atoms with Gasteiger partial charge >= 0.3 is 11.9 Å². The number of sulfonamides is 1. The van der Waals surface area contributed by atoms with Crippen molar-refractivity contribution in [1.29, 1.82) is 0 Å². The van der Waals surface area contributed by atoms with Crippen LogP contribution < -0.4 is 0 Å². The Morgan fingerprint density at radius 2 is 1.96 bits per heavy atom. The van der Waals surface area contributed by atoms with E-state index in [2.05, 4.69) is 4.74 Å². The average molecular weight is 385 g/mol. The summed E-state index contributed by atoms with van der Waals surface area (Å²) in [6.45, 7) is 0. The summed E-state index contributed by atoms with van der Waals surface area (Å²) in [5.74, 6) is -3.14. The Hall–Kier alpha value is -2.00. The lowest BCUT2D eigenvalue weighted by molar-refractivity contribution is -0.141. The zero-order valence-electron chi connectivity index (χ0n) is 14.2. The zero-order valence-corrected chi connectivity index (χ0v) is 15.0. The maximum absolute atomic E-state index is 14.2. The van der Waals surface area contributed by atoms with Gasteiger partial charge in [-0.3, -0.25) is 4.79 Å². The number of halogens is 1. The monoisotopic (exact) mass is 385 g/mol. The summed E-state index contributed by atoms with van der Waals surface area (Å²) >= 11 is 0. The third-order valence-corrected chi connectivity index (χ3v) is 7.17. The quantitative estimate of drug-likeness (QED) is 0.796. The Kier molecular flexibility index (Phi) is 5.03. The van der Waals surface area contributed by atoms with E-state index in [0.717, 1.165) is 48.9 Å². The molecule has 2 aliphatic rings. The molecular formula is C17H20FNO6S. The maximum Gasteiger partial charge on any atom is 0.340 e. The van der Waals surface area contributed by atoms with Gasteiger partial charge in [0.15, 0.2) is 0 Å². The number of methoxy groups -OCH3 is 1. The number of hydrogen-bond donors (Lipinski definition) is 1. The van der Waals surface area contributed by atoms with Crippen LogP contribution >= 0.6 is 0 Å². The van der Waals surface area contributed by atoms with Crippen molar-refractivity contribution in [2.75, 3.05) is 7.11 Å². The number of nitrogens with zero attached hydrogens (tertiary/aromatic N) is 1. The highest BCUT2D eigenvalue weighted by atomic mass is 32.2. The molecule has 9 heteroatoms. The molecule has 3 rings (SSSR count). The summed E-state index contributed by atoms with van der Waals surface area (Å²) in [7, 11) is -3.12. The highest BCUT2D eigenvalue weighted by Crippen LogP contribution is 2.42. The second kappa shape index (κ2) is 6.96. The number of carboxylic acids is 1. The number of carbonyl (C=O) groups excluding carboxylic acids is 1. The first kappa shape index (κ1) is 18.8. The molecule has 1 aliphatic carbocycles. The van der Waals surface area contributed by atoms with Crippen molar-refractivity contribution in [2.24, 2.45) is 5.92 Å². The molecule has 1 aromatic rings. The number of aliphatic carboxylic acids is 1. The number of ether oxygens (including phenoxy) is 1. The van der Waals surface area contributed by atoms with E-state index in [4.69, 9.17) is 0 Å². The Morgan fingerprint density at radius 1 is 1.27 bits per heavy atom. The summed E-state index contributed by atoms with van der Waals surface area (Å²) in [6.07, 6.45) is 3.42. The van der Waals surface area contributed by atoms with Gasteiger partial charge in [-0.2, -0.15) is 4.31 Å². The van der Waals surface area contributed by atoms with Crippen molar-refractivity contribution in [2.45, 2.75) is 49.1 Å². The fourth-order valence-electron chi connectivity index (χ4n) is 4.03. The molecule has 2 fully saturated rings. The van der Waals surface area contributed by atoms with Gasteiger partial charge in [-0.15, -0.1) is 0 Å². The smallest absolute Gasteiger partial charge is 0.340 e. The van der Waals surface area contributed by atoms with Gasteiger partial charge < -0.3 is 9.84 Å². The van der Waals surface area contributed by atoms with Crippen LogP contribution in [-0.2, 0) is 19.6 Å². The van der Waals surface area contributed by atoms with Crippen LogP contribution in [0.15, 0.2) is 23.1 Å². The third kappa shape index (κ3) is 3.09. The van der Waals surface area contributed by atoms with Crippen molar-refractivity contribution >= 4 is 22.0 Å². The topological polar surface area (TPSA) is 101 Å². The summed E-state index contributed by atoms with van der Waals surface area (Å²) in [6, 6.07) is 1.35. The first-order valence-corrected chi connectivity index (χ1v) is 9.85. The van der Waals surface area contributed by atoms with Gasteiger partial charge in [0.1, 0.15) is 11.9 Å². The van der Waals surface area contributed by atoms with Gasteiger partial charge in [0.05, 0.1) is 17.6 Å². The van der Waals surface area contributed by atoms with Crippen molar-refractivity contribution in [1.82, 2.24) is 4.31 Å². The molecule has 142 valence electrons. The molecular weight excluding hydrogens is 365 g/mol. The van der Waals surface area contributed by atoms with Crippen LogP contribution in [0.25, 0.3) is 0 Å². The van der Waals surface area contributed by atoms with Crippen molar-refractivity contribution in [3.63, 3.8) is 0 Å². The van der Waals surface area contributed by atoms with Crippen LogP contribution in [0.1, 0.15) is 42.5 Å². The van der Waals surface area contributed by atoms with E-state index in [1.807, 2.05) is 0 Å². The molecule has 0 aromatic heterocycles. The first-order chi connectivity index (χ1) is 12.3. The molecule has 0 amide bonds. The van der Waals surface area contributed by atoms with Crippen LogP contribution in [0.4, 0.5) is 4.39 Å². The molecule has 26 heavy (non-hydrogen) atoms. The average Bonchev–Trinajstić information content (AvgIpc) is 3.01. The minimum atomic E-state index is -4.21. The minimum absolute atomic E-state index is 0.00110. The van der Waals surface area contributed by atoms with E-state index in [0.29, 0.717) is 6.42 Å². The minimum Gasteiger partial charge on any atom is -0.480 e. The lowest BCUT2D eigenvalue weighted by atomic mass is 9.85. The Balaban J connectivity index is 2.01. The highest BCUT2D eigenvalue weighted by Gasteiger charge is 2.51. The highest BCUT2D eigenvalue weighted by molar-refractivity contribution is 7.89. The summed E-state index contributed by atoms with van der Waals surface area (Å²) in [5, 5.41) is 9.50. The van der Waals surface area contributed by atoms with E-state index in [1.54, 1.807) is 0 Å². The molecule has 3 atom stereocenters. The molecule has 1 heterocycles. The zero-order chi connectivity index (χ0) is 19.1. The SMILES string of the molecule is COC(=O)c1ccc(S(=O)(=O)N2C(C(=O)O)CC3CCCCC32)cc1F. The van der Waals surface area contributed by atoms with Gasteiger partial charge in [-0.1, -0.05) is 12.8 Å². The third-order valence-electron chi connectivity index (χ3n) is 5.24. The van der Waals surface area contributed by atoms with Crippen molar-refractivity contribution in [3.8, 4) is 0 Å². The maximum atomic E-state index is 14.2. The number of benzene rings is 1. The summed E-state index contributed by atoms with van der Waals surface area (Å²) < 4.78 is 45.8. The molecule has 1 N–H and O–H groups in total. The van der Waals surface area contributed by atoms with E-state index < -0.39 is 39.9 Å². The molecule has 1 aromatic carbocycles. The van der Waals surface area contributed by atoms with Gasteiger partial charge in [-0.25, -0.2) is 17.6 Å². The fraction of sp³-hybridized carbons (Fsp3) is 0.529. The summed E-state index contributed by atoms with van der Waals surface area (Å²) in [4.78, 5) is 22.8. The van der Waals surface area contributed by atoms with E-state index in [-0.39, 0.29) is 22.8 Å². The number of rotatable bonds is 4. The van der Waals surface area contributed by atoms with Crippen molar-refractivity contribution in [3.05, 3.63) is 29.6 Å².